The Morgan fingerprint density at radius 2 is 1.93 bits per heavy atom. The van der Waals surface area contributed by atoms with E-state index in [2.05, 4.69) is 38.0 Å². The summed E-state index contributed by atoms with van der Waals surface area (Å²) in [5.74, 6) is 2.26. The monoisotopic (exact) mass is 226 g/mol. The molecule has 1 rings (SSSR count). The predicted octanol–water partition coefficient (Wildman–Crippen LogP) is 3.16. The van der Waals surface area contributed by atoms with Crippen LogP contribution in [0.15, 0.2) is 11.7 Å². The molecule has 0 bridgehead atoms. The highest BCUT2D eigenvalue weighted by molar-refractivity contribution is 7.09. The molecule has 1 aromatic rings. The van der Waals surface area contributed by atoms with Crippen LogP contribution in [0.4, 0.5) is 0 Å². The molecule has 0 aliphatic rings. The molecular formula is C12H22N2S. The van der Waals surface area contributed by atoms with Crippen LogP contribution in [-0.4, -0.2) is 11.5 Å². The van der Waals surface area contributed by atoms with E-state index in [1.54, 1.807) is 11.3 Å². The van der Waals surface area contributed by atoms with Gasteiger partial charge in [-0.3, -0.25) is 4.98 Å². The van der Waals surface area contributed by atoms with E-state index in [-0.39, 0.29) is 0 Å². The van der Waals surface area contributed by atoms with Crippen molar-refractivity contribution in [3.63, 3.8) is 0 Å². The lowest BCUT2D eigenvalue weighted by molar-refractivity contribution is 0.276. The average molecular weight is 226 g/mol. The van der Waals surface area contributed by atoms with Crippen LogP contribution < -0.4 is 5.32 Å². The van der Waals surface area contributed by atoms with Crippen molar-refractivity contribution < 1.29 is 0 Å². The lowest BCUT2D eigenvalue weighted by atomic mass is 9.85. The van der Waals surface area contributed by atoms with Crippen molar-refractivity contribution in [1.29, 1.82) is 0 Å². The number of rotatable bonds is 6. The highest BCUT2D eigenvalue weighted by atomic mass is 32.1. The minimum absolute atomic E-state index is 0.749. The normalized spacial score (nSPS) is 11.9. The molecule has 0 amide bonds. The Labute approximate surface area is 97.1 Å². The topological polar surface area (TPSA) is 24.9 Å². The summed E-state index contributed by atoms with van der Waals surface area (Å²) in [5, 5.41) is 3.52. The Hall–Kier alpha value is -0.410. The van der Waals surface area contributed by atoms with Crippen LogP contribution in [0.5, 0.6) is 0 Å². The fraction of sp³-hybridized carbons (Fsp3) is 0.750. The van der Waals surface area contributed by atoms with Crippen molar-refractivity contribution in [2.75, 3.05) is 6.54 Å². The molecule has 0 spiro atoms. The van der Waals surface area contributed by atoms with Crippen molar-refractivity contribution >= 4 is 11.3 Å². The number of nitrogens with zero attached hydrogens (tertiary/aromatic N) is 1. The summed E-state index contributed by atoms with van der Waals surface area (Å²) in [5.41, 5.74) is 1.89. The Morgan fingerprint density at radius 3 is 2.40 bits per heavy atom. The zero-order chi connectivity index (χ0) is 11.3. The van der Waals surface area contributed by atoms with Crippen molar-refractivity contribution in [3.05, 3.63) is 16.6 Å². The summed E-state index contributed by atoms with van der Waals surface area (Å²) in [6, 6.07) is 0. The second kappa shape index (κ2) is 6.23. The van der Waals surface area contributed by atoms with Gasteiger partial charge in [-0.1, -0.05) is 27.7 Å². The summed E-state index contributed by atoms with van der Waals surface area (Å²) in [7, 11) is 0. The Morgan fingerprint density at radius 1 is 1.27 bits per heavy atom. The minimum atomic E-state index is 0.749. The predicted molar refractivity (Wildman–Crippen MR) is 67.0 cm³/mol. The highest BCUT2D eigenvalue weighted by Crippen LogP contribution is 2.19. The summed E-state index contributed by atoms with van der Waals surface area (Å²) in [6.07, 6.45) is 1.94. The zero-order valence-corrected chi connectivity index (χ0v) is 11.0. The fourth-order valence-electron chi connectivity index (χ4n) is 1.93. The van der Waals surface area contributed by atoms with Crippen LogP contribution in [0.2, 0.25) is 0 Å². The standard InChI is InChI=1S/C12H22N2S/c1-9(2)12(10(3)4)7-13-5-11-6-14-8-15-11/h6,8-10,12-13H,5,7H2,1-4H3. The molecule has 0 saturated heterocycles. The van der Waals surface area contributed by atoms with E-state index < -0.39 is 0 Å². The van der Waals surface area contributed by atoms with Crippen molar-refractivity contribution in [2.24, 2.45) is 17.8 Å². The van der Waals surface area contributed by atoms with Gasteiger partial charge < -0.3 is 5.32 Å². The smallest absolute Gasteiger partial charge is 0.0794 e. The zero-order valence-electron chi connectivity index (χ0n) is 10.2. The lowest BCUT2D eigenvalue weighted by Crippen LogP contribution is -2.29. The molecule has 0 aromatic carbocycles. The average Bonchev–Trinajstić information content (AvgIpc) is 2.63. The Kier molecular flexibility index (Phi) is 5.26. The molecule has 0 atom stereocenters. The van der Waals surface area contributed by atoms with Crippen LogP contribution in [-0.2, 0) is 6.54 Å². The van der Waals surface area contributed by atoms with Gasteiger partial charge in [0.15, 0.2) is 0 Å². The van der Waals surface area contributed by atoms with Gasteiger partial charge in [0.1, 0.15) is 0 Å². The molecular weight excluding hydrogens is 204 g/mol. The summed E-state index contributed by atoms with van der Waals surface area (Å²) >= 11 is 1.72. The van der Waals surface area contributed by atoms with Crippen LogP contribution in [0.1, 0.15) is 32.6 Å². The first kappa shape index (κ1) is 12.7. The molecule has 1 heterocycles. The molecule has 0 aliphatic heterocycles. The molecule has 0 aliphatic carbocycles. The molecule has 0 radical (unpaired) electrons. The number of nitrogens with one attached hydrogen (secondary N) is 1. The summed E-state index contributed by atoms with van der Waals surface area (Å²) < 4.78 is 0. The number of hydrogen-bond donors (Lipinski definition) is 1. The van der Waals surface area contributed by atoms with Gasteiger partial charge in [0.2, 0.25) is 0 Å². The fourth-order valence-corrected chi connectivity index (χ4v) is 2.50. The second-order valence-corrected chi connectivity index (χ2v) is 5.72. The molecule has 1 N–H and O–H groups in total. The van der Waals surface area contributed by atoms with E-state index in [9.17, 15) is 0 Å². The molecule has 15 heavy (non-hydrogen) atoms. The van der Waals surface area contributed by atoms with Gasteiger partial charge in [0.05, 0.1) is 5.51 Å². The molecule has 2 nitrogen and oxygen atoms in total. The van der Waals surface area contributed by atoms with Gasteiger partial charge in [-0.05, 0) is 24.3 Å². The molecule has 3 heteroatoms. The maximum atomic E-state index is 4.07. The van der Waals surface area contributed by atoms with Gasteiger partial charge in [-0.15, -0.1) is 11.3 Å². The highest BCUT2D eigenvalue weighted by Gasteiger charge is 2.16. The van der Waals surface area contributed by atoms with Crippen molar-refractivity contribution in [3.8, 4) is 0 Å². The third kappa shape index (κ3) is 4.31. The number of thiazole rings is 1. The van der Waals surface area contributed by atoms with E-state index in [0.29, 0.717) is 0 Å². The first-order valence-corrected chi connectivity index (χ1v) is 6.57. The van der Waals surface area contributed by atoms with Gasteiger partial charge >= 0.3 is 0 Å². The van der Waals surface area contributed by atoms with E-state index in [0.717, 1.165) is 30.8 Å². The van der Waals surface area contributed by atoms with Gasteiger partial charge in [0, 0.05) is 17.6 Å². The van der Waals surface area contributed by atoms with E-state index >= 15 is 0 Å². The first-order valence-electron chi connectivity index (χ1n) is 5.69. The minimum Gasteiger partial charge on any atom is -0.312 e. The molecule has 0 saturated carbocycles. The molecule has 0 unspecified atom stereocenters. The first-order chi connectivity index (χ1) is 7.11. The van der Waals surface area contributed by atoms with Crippen LogP contribution >= 0.6 is 11.3 Å². The maximum absolute atomic E-state index is 4.07. The summed E-state index contributed by atoms with van der Waals surface area (Å²) in [6.45, 7) is 11.3. The van der Waals surface area contributed by atoms with Gasteiger partial charge in [-0.25, -0.2) is 0 Å². The Balaban J connectivity index is 2.28. The molecule has 0 fully saturated rings. The third-order valence-electron chi connectivity index (χ3n) is 2.88. The van der Waals surface area contributed by atoms with Crippen LogP contribution in [0.25, 0.3) is 0 Å². The van der Waals surface area contributed by atoms with Gasteiger partial charge in [0.25, 0.3) is 0 Å². The van der Waals surface area contributed by atoms with Crippen LogP contribution in [0, 0.1) is 17.8 Å². The Bertz CT molecular complexity index is 247. The SMILES string of the molecule is CC(C)C(CNCc1cncs1)C(C)C. The van der Waals surface area contributed by atoms with Crippen molar-refractivity contribution in [1.82, 2.24) is 10.3 Å². The number of aromatic nitrogens is 1. The second-order valence-electron chi connectivity index (χ2n) is 4.75. The number of hydrogen-bond acceptors (Lipinski definition) is 3. The van der Waals surface area contributed by atoms with E-state index in [4.69, 9.17) is 0 Å². The summed E-state index contributed by atoms with van der Waals surface area (Å²) in [4.78, 5) is 5.39. The molecule has 86 valence electrons. The molecule has 1 aromatic heterocycles. The third-order valence-corrected chi connectivity index (χ3v) is 3.65. The maximum Gasteiger partial charge on any atom is 0.0794 e. The quantitative estimate of drug-likeness (QED) is 0.806. The van der Waals surface area contributed by atoms with Crippen LogP contribution in [0.3, 0.4) is 0 Å². The largest absolute Gasteiger partial charge is 0.312 e. The van der Waals surface area contributed by atoms with E-state index in [1.165, 1.54) is 4.88 Å². The lowest BCUT2D eigenvalue weighted by Gasteiger charge is -2.25. The van der Waals surface area contributed by atoms with E-state index in [1.807, 2.05) is 11.7 Å². The van der Waals surface area contributed by atoms with Gasteiger partial charge in [-0.2, -0.15) is 0 Å². The van der Waals surface area contributed by atoms with Crippen molar-refractivity contribution in [2.45, 2.75) is 34.2 Å².